The van der Waals surface area contributed by atoms with Crippen molar-refractivity contribution in [2.24, 2.45) is 5.92 Å². The predicted molar refractivity (Wildman–Crippen MR) is 152 cm³/mol. The van der Waals surface area contributed by atoms with Gasteiger partial charge in [-0.2, -0.15) is 0 Å². The van der Waals surface area contributed by atoms with E-state index in [1.807, 2.05) is 0 Å². The molecule has 3 aliphatic heterocycles. The van der Waals surface area contributed by atoms with Crippen LogP contribution >= 0.6 is 0 Å². The summed E-state index contributed by atoms with van der Waals surface area (Å²) < 4.78 is 37.9. The molecule has 12 atom stereocenters. The fourth-order valence-corrected chi connectivity index (χ4v) is 5.25. The molecule has 262 valence electrons. The van der Waals surface area contributed by atoms with Gasteiger partial charge in [0.1, 0.15) is 67.1 Å². The second-order valence-electron chi connectivity index (χ2n) is 11.0. The van der Waals surface area contributed by atoms with Gasteiger partial charge < -0.3 is 74.0 Å². The molecule has 1 aromatic carbocycles. The molecule has 3 aliphatic rings. The predicted octanol–water partition coefficient (Wildman–Crippen LogP) is -2.91. The van der Waals surface area contributed by atoms with Crippen molar-refractivity contribution in [1.29, 1.82) is 0 Å². The molecule has 0 aromatic heterocycles. The summed E-state index contributed by atoms with van der Waals surface area (Å²) in [7, 11) is 1.07. The molecule has 17 nitrogen and oxygen atoms in total. The number of benzene rings is 1. The van der Waals surface area contributed by atoms with Crippen molar-refractivity contribution in [1.82, 2.24) is 0 Å². The molecule has 0 saturated carbocycles. The lowest BCUT2D eigenvalue weighted by molar-refractivity contribution is -0.327. The Morgan fingerprint density at radius 2 is 1.49 bits per heavy atom. The molecule has 3 heterocycles. The first-order valence-electron chi connectivity index (χ1n) is 14.7. The minimum Gasteiger partial charge on any atom is -0.508 e. The van der Waals surface area contributed by atoms with Gasteiger partial charge in [0, 0.05) is 5.57 Å². The van der Waals surface area contributed by atoms with Crippen molar-refractivity contribution in [2.45, 2.75) is 81.0 Å². The maximum absolute atomic E-state index is 13.5. The van der Waals surface area contributed by atoms with Gasteiger partial charge in [0.2, 0.25) is 6.29 Å². The third-order valence-electron chi connectivity index (χ3n) is 8.00. The SMILES string of the molecule is C/C=C1\C(C(=O)OC[C@H]2O[C@@H](OCCc3ccc(O)cc3)[C@H](O)[C@@H](O)[C@@H]2O)C(C(=O)OC)=CO[C@H]1O[C@@H]1O[C@H](CO)[C@@H](O)[C@H](O)[C@H]1O. The van der Waals surface area contributed by atoms with E-state index >= 15 is 0 Å². The van der Waals surface area contributed by atoms with Gasteiger partial charge in [0.15, 0.2) is 12.6 Å². The molecule has 0 radical (unpaired) electrons. The highest BCUT2D eigenvalue weighted by Crippen LogP contribution is 2.35. The van der Waals surface area contributed by atoms with Crippen molar-refractivity contribution < 1.29 is 83.6 Å². The first kappa shape index (κ1) is 36.6. The van der Waals surface area contributed by atoms with Crippen LogP contribution in [-0.2, 0) is 49.2 Å². The first-order valence-corrected chi connectivity index (χ1v) is 14.7. The highest BCUT2D eigenvalue weighted by atomic mass is 16.8. The summed E-state index contributed by atoms with van der Waals surface area (Å²) in [6.45, 7) is 0.119. The lowest BCUT2D eigenvalue weighted by Crippen LogP contribution is -2.60. The second kappa shape index (κ2) is 16.3. The van der Waals surface area contributed by atoms with E-state index in [-0.39, 0.29) is 23.5 Å². The average molecular weight is 673 g/mol. The number of hydrogen-bond acceptors (Lipinski definition) is 17. The lowest BCUT2D eigenvalue weighted by Gasteiger charge is -2.42. The van der Waals surface area contributed by atoms with E-state index in [1.54, 1.807) is 12.1 Å². The zero-order valence-electron chi connectivity index (χ0n) is 25.5. The van der Waals surface area contributed by atoms with Gasteiger partial charge in [-0.25, -0.2) is 4.79 Å². The van der Waals surface area contributed by atoms with Crippen LogP contribution in [-0.4, -0.2) is 147 Å². The van der Waals surface area contributed by atoms with Crippen molar-refractivity contribution in [3.05, 3.63) is 53.3 Å². The molecule has 0 amide bonds. The smallest absolute Gasteiger partial charge is 0.338 e. The number of esters is 2. The third kappa shape index (κ3) is 8.27. The quantitative estimate of drug-likeness (QED) is 0.0865. The Balaban J connectivity index is 1.44. The van der Waals surface area contributed by atoms with Crippen molar-refractivity contribution in [3.8, 4) is 5.75 Å². The molecular formula is C30H40O17. The topological polar surface area (TPSA) is 261 Å². The largest absolute Gasteiger partial charge is 0.508 e. The minimum atomic E-state index is -1.80. The number of aliphatic hydroxyl groups is 7. The second-order valence-corrected chi connectivity index (χ2v) is 11.0. The molecule has 2 saturated heterocycles. The average Bonchev–Trinajstić information content (AvgIpc) is 3.07. The van der Waals surface area contributed by atoms with Crippen molar-refractivity contribution >= 4 is 11.9 Å². The number of ether oxygens (including phenoxy) is 7. The standard InChI is InChI=1S/C30H40O17/c1-3-15-19(16(26(39)41-2)11-44-28(15)47-30-25(38)22(35)20(33)17(10-31)45-30)27(40)43-12-18-21(34)23(36)24(37)29(46-18)42-9-8-13-4-6-14(32)7-5-13/h3-7,11,17-25,28-38H,8-10,12H2,1-2H3/b15-3+/t17-,18-,19?,20-,21-,22+,23+,24-,25-,28+,29-,30+/m1/s1. The summed E-state index contributed by atoms with van der Waals surface area (Å²) in [6.07, 6.45) is -14.9. The number of carbonyl (C=O) groups excluding carboxylic acids is 2. The number of phenols is 1. The number of aromatic hydroxyl groups is 1. The number of aliphatic hydroxyl groups excluding tert-OH is 7. The molecule has 0 aliphatic carbocycles. The van der Waals surface area contributed by atoms with Gasteiger partial charge >= 0.3 is 11.9 Å². The maximum atomic E-state index is 13.5. The Morgan fingerprint density at radius 3 is 2.11 bits per heavy atom. The number of methoxy groups -OCH3 is 1. The molecule has 4 rings (SSSR count). The summed E-state index contributed by atoms with van der Waals surface area (Å²) in [4.78, 5) is 26.1. The van der Waals surface area contributed by atoms with Crippen LogP contribution in [0.3, 0.4) is 0 Å². The first-order chi connectivity index (χ1) is 22.4. The van der Waals surface area contributed by atoms with E-state index < -0.39 is 98.8 Å². The molecule has 2 fully saturated rings. The van der Waals surface area contributed by atoms with Gasteiger partial charge in [-0.3, -0.25) is 4.79 Å². The van der Waals surface area contributed by atoms with Crippen molar-refractivity contribution in [3.63, 3.8) is 0 Å². The van der Waals surface area contributed by atoms with Crippen LogP contribution in [0.1, 0.15) is 12.5 Å². The fraction of sp³-hybridized carbons (Fsp3) is 0.600. The number of rotatable bonds is 11. The van der Waals surface area contributed by atoms with Gasteiger partial charge in [0.25, 0.3) is 0 Å². The van der Waals surface area contributed by atoms with E-state index in [4.69, 9.17) is 33.2 Å². The monoisotopic (exact) mass is 672 g/mol. The summed E-state index contributed by atoms with van der Waals surface area (Å²) in [5.74, 6) is -3.47. The Labute approximate surface area is 268 Å². The van der Waals surface area contributed by atoms with Crippen LogP contribution in [0.4, 0.5) is 0 Å². The Hall–Kier alpha value is -3.20. The van der Waals surface area contributed by atoms with E-state index in [2.05, 4.69) is 0 Å². The summed E-state index contributed by atoms with van der Waals surface area (Å²) in [5.41, 5.74) is 0.472. The van der Waals surface area contributed by atoms with E-state index in [9.17, 15) is 50.4 Å². The zero-order chi connectivity index (χ0) is 34.4. The summed E-state index contributed by atoms with van der Waals surface area (Å²) in [6, 6.07) is 6.33. The Kier molecular flexibility index (Phi) is 12.7. The Morgan fingerprint density at radius 1 is 0.872 bits per heavy atom. The van der Waals surface area contributed by atoms with E-state index in [0.29, 0.717) is 6.42 Å². The van der Waals surface area contributed by atoms with Gasteiger partial charge in [-0.15, -0.1) is 0 Å². The molecule has 1 aromatic rings. The van der Waals surface area contributed by atoms with Gasteiger partial charge in [0.05, 0.1) is 32.2 Å². The van der Waals surface area contributed by atoms with Crippen LogP contribution in [0.5, 0.6) is 5.75 Å². The normalized spacial score (nSPS) is 36.7. The lowest BCUT2D eigenvalue weighted by atomic mass is 9.89. The van der Waals surface area contributed by atoms with Crippen LogP contribution in [0.2, 0.25) is 0 Å². The molecule has 0 bridgehead atoms. The number of phenolic OH excluding ortho intramolecular Hbond substituents is 1. The molecule has 1 unspecified atom stereocenters. The molecule has 0 spiro atoms. The van der Waals surface area contributed by atoms with Crippen LogP contribution < -0.4 is 0 Å². The van der Waals surface area contributed by atoms with E-state index in [0.717, 1.165) is 18.9 Å². The Bertz CT molecular complexity index is 1270. The van der Waals surface area contributed by atoms with Crippen LogP contribution in [0, 0.1) is 5.92 Å². The molecule has 47 heavy (non-hydrogen) atoms. The minimum absolute atomic E-state index is 0.0223. The maximum Gasteiger partial charge on any atom is 0.338 e. The fourth-order valence-electron chi connectivity index (χ4n) is 5.25. The summed E-state index contributed by atoms with van der Waals surface area (Å²) in [5, 5.41) is 80.9. The van der Waals surface area contributed by atoms with Gasteiger partial charge in [-0.1, -0.05) is 18.2 Å². The zero-order valence-corrected chi connectivity index (χ0v) is 25.5. The van der Waals surface area contributed by atoms with Crippen molar-refractivity contribution in [2.75, 3.05) is 26.9 Å². The molecule has 8 N–H and O–H groups in total. The van der Waals surface area contributed by atoms with Gasteiger partial charge in [-0.05, 0) is 31.0 Å². The molecule has 17 heteroatoms. The molecular weight excluding hydrogens is 632 g/mol. The number of allylic oxidation sites excluding steroid dienone is 1. The highest BCUT2D eigenvalue weighted by Gasteiger charge is 2.49. The summed E-state index contributed by atoms with van der Waals surface area (Å²) >= 11 is 0. The number of hydrogen-bond donors (Lipinski definition) is 8. The van der Waals surface area contributed by atoms with Crippen LogP contribution in [0.15, 0.2) is 47.7 Å². The third-order valence-corrected chi connectivity index (χ3v) is 8.00. The van der Waals surface area contributed by atoms with Crippen LogP contribution in [0.25, 0.3) is 0 Å². The highest BCUT2D eigenvalue weighted by molar-refractivity contribution is 5.97. The number of carbonyl (C=O) groups is 2. The van der Waals surface area contributed by atoms with E-state index in [1.165, 1.54) is 25.1 Å².